The SMILES string of the molecule is COCCN(C)C(=O)[C@H]1CCc2c(sc3ncnc(Nc4cc5snnc5cc4OC)c23)C1. The maximum absolute atomic E-state index is 12.9. The molecule has 1 N–H and O–H groups in total. The van der Waals surface area contributed by atoms with Crippen molar-refractivity contribution in [3.63, 3.8) is 0 Å². The minimum absolute atomic E-state index is 0.0156. The first-order valence-electron chi connectivity index (χ1n) is 10.6. The Bertz CT molecular complexity index is 1320. The van der Waals surface area contributed by atoms with Crippen LogP contribution in [0.1, 0.15) is 16.9 Å². The van der Waals surface area contributed by atoms with Gasteiger partial charge in [0.15, 0.2) is 0 Å². The van der Waals surface area contributed by atoms with Crippen LogP contribution in [0.3, 0.4) is 0 Å². The third kappa shape index (κ3) is 4.11. The normalized spacial score (nSPS) is 15.5. The van der Waals surface area contributed by atoms with Gasteiger partial charge in [-0.2, -0.15) is 0 Å². The molecule has 0 bridgehead atoms. The Hall–Kier alpha value is -2.89. The summed E-state index contributed by atoms with van der Waals surface area (Å²) in [5.74, 6) is 1.58. The van der Waals surface area contributed by atoms with E-state index in [-0.39, 0.29) is 11.8 Å². The standard InChI is InChI=1S/C22H24N6O3S2/c1-28(6-7-30-2)22(29)12-4-5-13-17(8-12)32-21-19(13)20(23-11-24-21)25-14-10-18-15(26-27-33-18)9-16(14)31-3/h9-12H,4-8H2,1-3H3,(H,23,24,25)/t12-/m0/s1. The third-order valence-corrected chi connectivity index (χ3v) is 7.87. The second-order valence-corrected chi connectivity index (χ2v) is 9.89. The van der Waals surface area contributed by atoms with Crippen LogP contribution in [0.15, 0.2) is 18.5 Å². The number of hydrogen-bond donors (Lipinski definition) is 1. The first-order chi connectivity index (χ1) is 16.1. The Kier molecular flexibility index (Phi) is 6.09. The van der Waals surface area contributed by atoms with E-state index in [9.17, 15) is 4.79 Å². The van der Waals surface area contributed by atoms with E-state index in [1.54, 1.807) is 36.8 Å². The third-order valence-electron chi connectivity index (χ3n) is 6.02. The van der Waals surface area contributed by atoms with Gasteiger partial charge in [0.2, 0.25) is 5.91 Å². The number of hydrogen-bond acceptors (Lipinski definition) is 10. The van der Waals surface area contributed by atoms with Crippen LogP contribution < -0.4 is 10.1 Å². The van der Waals surface area contributed by atoms with Gasteiger partial charge in [-0.3, -0.25) is 4.79 Å². The molecular weight excluding hydrogens is 460 g/mol. The number of benzene rings is 1. The fourth-order valence-corrected chi connectivity index (χ4v) is 6.12. The van der Waals surface area contributed by atoms with Gasteiger partial charge in [0.1, 0.15) is 28.2 Å². The van der Waals surface area contributed by atoms with Crippen LogP contribution in [0.25, 0.3) is 20.4 Å². The number of carbonyl (C=O) groups is 1. The molecule has 0 unspecified atom stereocenters. The number of anilines is 2. The van der Waals surface area contributed by atoms with Gasteiger partial charge in [-0.05, 0) is 42.4 Å². The molecule has 172 valence electrons. The average molecular weight is 485 g/mol. The molecule has 1 aliphatic carbocycles. The minimum atomic E-state index is -0.0156. The van der Waals surface area contributed by atoms with E-state index in [4.69, 9.17) is 9.47 Å². The predicted octanol–water partition coefficient (Wildman–Crippen LogP) is 3.66. The lowest BCUT2D eigenvalue weighted by molar-refractivity contribution is -0.135. The summed E-state index contributed by atoms with van der Waals surface area (Å²) in [5.41, 5.74) is 2.84. The van der Waals surface area contributed by atoms with Crippen LogP contribution in [-0.2, 0) is 22.4 Å². The van der Waals surface area contributed by atoms with Crippen molar-refractivity contribution in [2.75, 3.05) is 39.7 Å². The summed E-state index contributed by atoms with van der Waals surface area (Å²) in [5, 5.41) is 8.60. The molecule has 0 saturated carbocycles. The van der Waals surface area contributed by atoms with E-state index in [0.29, 0.717) is 18.9 Å². The number of fused-ring (bicyclic) bond motifs is 4. The summed E-state index contributed by atoms with van der Waals surface area (Å²) >= 11 is 2.99. The van der Waals surface area contributed by atoms with Gasteiger partial charge in [0.05, 0.1) is 29.5 Å². The van der Waals surface area contributed by atoms with E-state index in [0.717, 1.165) is 51.2 Å². The van der Waals surface area contributed by atoms with E-state index >= 15 is 0 Å². The molecule has 1 aliphatic rings. The number of rotatable bonds is 7. The molecule has 4 aromatic rings. The largest absolute Gasteiger partial charge is 0.494 e. The molecule has 1 atom stereocenters. The van der Waals surface area contributed by atoms with Gasteiger partial charge in [0.25, 0.3) is 0 Å². The number of nitrogens with one attached hydrogen (secondary N) is 1. The molecule has 0 spiro atoms. The number of likely N-dealkylation sites (N-methyl/N-ethyl adjacent to an activating group) is 1. The van der Waals surface area contributed by atoms with E-state index < -0.39 is 0 Å². The molecule has 0 aliphatic heterocycles. The van der Waals surface area contributed by atoms with Gasteiger partial charge >= 0.3 is 0 Å². The average Bonchev–Trinajstić information content (AvgIpc) is 3.45. The zero-order chi connectivity index (χ0) is 22.9. The van der Waals surface area contributed by atoms with Crippen LogP contribution in [0.5, 0.6) is 5.75 Å². The van der Waals surface area contributed by atoms with E-state index in [2.05, 4.69) is 24.9 Å². The second kappa shape index (κ2) is 9.16. The van der Waals surface area contributed by atoms with Crippen molar-refractivity contribution in [2.45, 2.75) is 19.3 Å². The summed E-state index contributed by atoms with van der Waals surface area (Å²) in [7, 11) is 5.13. The number of amides is 1. The number of ether oxygens (including phenoxy) is 2. The first-order valence-corrected chi connectivity index (χ1v) is 12.2. The Morgan fingerprint density at radius 3 is 3.00 bits per heavy atom. The van der Waals surface area contributed by atoms with Crippen molar-refractivity contribution in [1.82, 2.24) is 24.5 Å². The van der Waals surface area contributed by atoms with E-state index in [1.807, 2.05) is 19.2 Å². The summed E-state index contributed by atoms with van der Waals surface area (Å²) in [4.78, 5) is 25.9. The maximum Gasteiger partial charge on any atom is 0.225 e. The monoisotopic (exact) mass is 484 g/mol. The molecule has 3 heterocycles. The van der Waals surface area contributed by atoms with Crippen molar-refractivity contribution in [2.24, 2.45) is 5.92 Å². The molecule has 3 aromatic heterocycles. The lowest BCUT2D eigenvalue weighted by Gasteiger charge is -2.26. The van der Waals surface area contributed by atoms with E-state index in [1.165, 1.54) is 22.0 Å². The van der Waals surface area contributed by atoms with Crippen LogP contribution in [0.4, 0.5) is 11.5 Å². The number of aromatic nitrogens is 4. The van der Waals surface area contributed by atoms with Crippen molar-refractivity contribution >= 4 is 60.7 Å². The molecule has 5 rings (SSSR count). The summed E-state index contributed by atoms with van der Waals surface area (Å²) in [6.45, 7) is 1.15. The summed E-state index contributed by atoms with van der Waals surface area (Å²) < 4.78 is 15.7. The molecule has 9 nitrogen and oxygen atoms in total. The van der Waals surface area contributed by atoms with Gasteiger partial charge in [-0.15, -0.1) is 16.4 Å². The molecular formula is C22H24N6O3S2. The van der Waals surface area contributed by atoms with Gasteiger partial charge in [0, 0.05) is 37.6 Å². The minimum Gasteiger partial charge on any atom is -0.494 e. The summed E-state index contributed by atoms with van der Waals surface area (Å²) in [6.07, 6.45) is 3.94. The molecule has 0 fully saturated rings. The molecule has 33 heavy (non-hydrogen) atoms. The predicted molar refractivity (Wildman–Crippen MR) is 130 cm³/mol. The number of aryl methyl sites for hydroxylation is 1. The van der Waals surface area contributed by atoms with Gasteiger partial charge in [-0.25, -0.2) is 9.97 Å². The highest BCUT2D eigenvalue weighted by Gasteiger charge is 2.30. The smallest absolute Gasteiger partial charge is 0.225 e. The number of nitrogens with zero attached hydrogens (tertiary/aromatic N) is 5. The Morgan fingerprint density at radius 1 is 1.30 bits per heavy atom. The van der Waals surface area contributed by atoms with Crippen molar-refractivity contribution in [3.8, 4) is 5.75 Å². The number of methoxy groups -OCH3 is 2. The Morgan fingerprint density at radius 2 is 2.18 bits per heavy atom. The number of thiophene rings is 1. The molecule has 0 saturated heterocycles. The quantitative estimate of drug-likeness (QED) is 0.424. The first kappa shape index (κ1) is 21.9. The van der Waals surface area contributed by atoms with Crippen molar-refractivity contribution in [1.29, 1.82) is 0 Å². The topological polar surface area (TPSA) is 102 Å². The van der Waals surface area contributed by atoms with Crippen molar-refractivity contribution < 1.29 is 14.3 Å². The highest BCUT2D eigenvalue weighted by Crippen LogP contribution is 2.42. The van der Waals surface area contributed by atoms with Crippen LogP contribution in [-0.4, -0.2) is 64.8 Å². The highest BCUT2D eigenvalue weighted by atomic mass is 32.1. The maximum atomic E-state index is 12.9. The summed E-state index contributed by atoms with van der Waals surface area (Å²) in [6, 6.07) is 3.86. The molecule has 0 radical (unpaired) electrons. The second-order valence-electron chi connectivity index (χ2n) is 8.02. The molecule has 1 amide bonds. The highest BCUT2D eigenvalue weighted by molar-refractivity contribution is 7.19. The Balaban J connectivity index is 1.45. The lowest BCUT2D eigenvalue weighted by atomic mass is 9.87. The van der Waals surface area contributed by atoms with Crippen molar-refractivity contribution in [3.05, 3.63) is 28.9 Å². The lowest BCUT2D eigenvalue weighted by Crippen LogP contribution is -2.37. The van der Waals surface area contributed by atoms with Crippen LogP contribution in [0.2, 0.25) is 0 Å². The fourth-order valence-electron chi connectivity index (χ4n) is 4.27. The zero-order valence-electron chi connectivity index (χ0n) is 18.6. The molecule has 1 aromatic carbocycles. The Labute approximate surface area is 198 Å². The van der Waals surface area contributed by atoms with Gasteiger partial charge in [-0.1, -0.05) is 4.49 Å². The number of carbonyl (C=O) groups excluding carboxylic acids is 1. The van der Waals surface area contributed by atoms with Gasteiger partial charge < -0.3 is 19.7 Å². The zero-order valence-corrected chi connectivity index (χ0v) is 20.3. The molecule has 11 heteroatoms. The fraction of sp³-hybridized carbons (Fsp3) is 0.409. The van der Waals surface area contributed by atoms with Crippen LogP contribution >= 0.6 is 22.9 Å². The van der Waals surface area contributed by atoms with Crippen LogP contribution in [0, 0.1) is 5.92 Å².